The third kappa shape index (κ3) is 4.78. The van der Waals surface area contributed by atoms with E-state index < -0.39 is 35.9 Å². The number of nitrogens with zero attached hydrogens (tertiary/aromatic N) is 1. The van der Waals surface area contributed by atoms with Crippen molar-refractivity contribution in [2.24, 2.45) is 5.92 Å². The standard InChI is InChI=1S/C14H15F3N2O3S/c15-9-1-2-11(23-7-12(16)17)10(5-9)18-14(22)19-4-3-8(6-19)13(20)21/h1-2,5,8,12H,3-4,6-7H2,(H,18,22)(H,20,21). The molecule has 1 aliphatic heterocycles. The molecule has 1 aliphatic rings. The molecule has 5 nitrogen and oxygen atoms in total. The summed E-state index contributed by atoms with van der Waals surface area (Å²) in [5.74, 6) is -2.68. The van der Waals surface area contributed by atoms with Gasteiger partial charge in [0.05, 0.1) is 17.4 Å². The number of carboxylic acids is 1. The molecule has 1 aromatic rings. The van der Waals surface area contributed by atoms with Gasteiger partial charge in [-0.15, -0.1) is 11.8 Å². The number of thioether (sulfide) groups is 1. The van der Waals surface area contributed by atoms with E-state index in [1.54, 1.807) is 0 Å². The second kappa shape index (κ2) is 7.58. The lowest BCUT2D eigenvalue weighted by atomic mass is 10.1. The Morgan fingerprint density at radius 2 is 2.17 bits per heavy atom. The average Bonchev–Trinajstić information content (AvgIpc) is 2.96. The number of anilines is 1. The lowest BCUT2D eigenvalue weighted by molar-refractivity contribution is -0.141. The molecule has 0 aromatic heterocycles. The van der Waals surface area contributed by atoms with Gasteiger partial charge in [0, 0.05) is 18.0 Å². The third-order valence-corrected chi connectivity index (χ3v) is 4.46. The van der Waals surface area contributed by atoms with Gasteiger partial charge < -0.3 is 15.3 Å². The summed E-state index contributed by atoms with van der Waals surface area (Å²) >= 11 is 0.810. The van der Waals surface area contributed by atoms with Gasteiger partial charge in [-0.2, -0.15) is 0 Å². The Morgan fingerprint density at radius 1 is 1.43 bits per heavy atom. The zero-order chi connectivity index (χ0) is 17.0. The normalized spacial score (nSPS) is 17.6. The fourth-order valence-electron chi connectivity index (χ4n) is 2.22. The summed E-state index contributed by atoms with van der Waals surface area (Å²) in [6.07, 6.45) is -2.18. The van der Waals surface area contributed by atoms with Crippen LogP contribution in [0.4, 0.5) is 23.7 Å². The molecule has 23 heavy (non-hydrogen) atoms. The number of hydrogen-bond acceptors (Lipinski definition) is 3. The maximum atomic E-state index is 13.3. The molecular formula is C14H15F3N2O3S. The number of nitrogens with one attached hydrogen (secondary N) is 1. The van der Waals surface area contributed by atoms with Crippen LogP contribution >= 0.6 is 11.8 Å². The van der Waals surface area contributed by atoms with Crippen LogP contribution in [-0.4, -0.2) is 47.3 Å². The molecule has 1 aromatic carbocycles. The van der Waals surface area contributed by atoms with Crippen molar-refractivity contribution in [2.75, 3.05) is 24.2 Å². The average molecular weight is 348 g/mol. The van der Waals surface area contributed by atoms with Gasteiger partial charge in [-0.05, 0) is 24.6 Å². The summed E-state index contributed by atoms with van der Waals surface area (Å²) in [6.45, 7) is 0.341. The molecule has 1 atom stereocenters. The first-order valence-corrected chi connectivity index (χ1v) is 7.84. The first-order valence-electron chi connectivity index (χ1n) is 6.86. The molecule has 1 fully saturated rings. The fourth-order valence-corrected chi connectivity index (χ4v) is 2.95. The number of aliphatic carboxylic acids is 1. The predicted molar refractivity (Wildman–Crippen MR) is 79.5 cm³/mol. The molecule has 0 saturated carbocycles. The number of benzene rings is 1. The number of urea groups is 1. The molecule has 1 unspecified atom stereocenters. The smallest absolute Gasteiger partial charge is 0.321 e. The van der Waals surface area contributed by atoms with E-state index in [1.807, 2.05) is 0 Å². The number of hydrogen-bond donors (Lipinski definition) is 2. The Bertz CT molecular complexity index is 601. The molecule has 9 heteroatoms. The Morgan fingerprint density at radius 3 is 2.78 bits per heavy atom. The summed E-state index contributed by atoms with van der Waals surface area (Å²) in [6, 6.07) is 2.93. The summed E-state index contributed by atoms with van der Waals surface area (Å²) in [4.78, 5) is 24.7. The van der Waals surface area contributed by atoms with Crippen molar-refractivity contribution in [1.29, 1.82) is 0 Å². The van der Waals surface area contributed by atoms with Crippen molar-refractivity contribution >= 4 is 29.4 Å². The minimum absolute atomic E-state index is 0.0655. The maximum Gasteiger partial charge on any atom is 0.321 e. The van der Waals surface area contributed by atoms with E-state index in [9.17, 15) is 22.8 Å². The van der Waals surface area contributed by atoms with Gasteiger partial charge in [-0.3, -0.25) is 4.79 Å². The highest BCUT2D eigenvalue weighted by molar-refractivity contribution is 7.99. The molecule has 2 amide bonds. The summed E-state index contributed by atoms with van der Waals surface area (Å²) in [7, 11) is 0. The SMILES string of the molecule is O=C(O)C1CCN(C(=O)Nc2cc(F)ccc2SCC(F)F)C1. The molecule has 0 spiro atoms. The van der Waals surface area contributed by atoms with E-state index in [4.69, 9.17) is 5.11 Å². The number of rotatable bonds is 5. The van der Waals surface area contributed by atoms with Crippen molar-refractivity contribution in [3.63, 3.8) is 0 Å². The molecule has 126 valence electrons. The highest BCUT2D eigenvalue weighted by atomic mass is 32.2. The van der Waals surface area contributed by atoms with Gasteiger partial charge in [-0.25, -0.2) is 18.0 Å². The van der Waals surface area contributed by atoms with E-state index in [0.29, 0.717) is 11.3 Å². The quantitative estimate of drug-likeness (QED) is 0.802. The zero-order valence-electron chi connectivity index (χ0n) is 12.0. The van der Waals surface area contributed by atoms with Crippen molar-refractivity contribution in [3.05, 3.63) is 24.0 Å². The molecule has 1 saturated heterocycles. The minimum Gasteiger partial charge on any atom is -0.481 e. The van der Waals surface area contributed by atoms with Gasteiger partial charge in [0.15, 0.2) is 0 Å². The van der Waals surface area contributed by atoms with E-state index in [1.165, 1.54) is 11.0 Å². The van der Waals surface area contributed by atoms with Gasteiger partial charge >= 0.3 is 12.0 Å². The molecule has 0 radical (unpaired) electrons. The lowest BCUT2D eigenvalue weighted by Gasteiger charge is -2.18. The largest absolute Gasteiger partial charge is 0.481 e. The third-order valence-electron chi connectivity index (χ3n) is 3.37. The first kappa shape index (κ1) is 17.5. The Labute approximate surface area is 134 Å². The number of alkyl halides is 2. The van der Waals surface area contributed by atoms with E-state index >= 15 is 0 Å². The number of halogens is 3. The van der Waals surface area contributed by atoms with E-state index in [-0.39, 0.29) is 18.8 Å². The molecule has 2 rings (SSSR count). The summed E-state index contributed by atoms with van der Waals surface area (Å²) in [5.41, 5.74) is 0.0967. The maximum absolute atomic E-state index is 13.3. The highest BCUT2D eigenvalue weighted by Gasteiger charge is 2.31. The Kier molecular flexibility index (Phi) is 5.75. The number of carbonyl (C=O) groups excluding carboxylic acids is 1. The summed E-state index contributed by atoms with van der Waals surface area (Å²) < 4.78 is 38.0. The molecule has 2 N–H and O–H groups in total. The van der Waals surface area contributed by atoms with Crippen molar-refractivity contribution in [1.82, 2.24) is 4.90 Å². The number of carbonyl (C=O) groups is 2. The number of amides is 2. The summed E-state index contributed by atoms with van der Waals surface area (Å²) in [5, 5.41) is 11.4. The van der Waals surface area contributed by atoms with Crippen LogP contribution in [0, 0.1) is 11.7 Å². The molecular weight excluding hydrogens is 333 g/mol. The van der Waals surface area contributed by atoms with E-state index in [0.717, 1.165) is 23.9 Å². The number of carboxylic acid groups (broad SMARTS) is 1. The minimum atomic E-state index is -2.52. The monoisotopic (exact) mass is 348 g/mol. The van der Waals surface area contributed by atoms with E-state index in [2.05, 4.69) is 5.32 Å². The fraction of sp³-hybridized carbons (Fsp3) is 0.429. The van der Waals surface area contributed by atoms with Gasteiger partial charge in [-0.1, -0.05) is 0 Å². The van der Waals surface area contributed by atoms with Gasteiger partial charge in [0.1, 0.15) is 5.82 Å². The van der Waals surface area contributed by atoms with Crippen molar-refractivity contribution in [3.8, 4) is 0 Å². The Hall–Kier alpha value is -1.90. The Balaban J connectivity index is 2.05. The van der Waals surface area contributed by atoms with Crippen molar-refractivity contribution in [2.45, 2.75) is 17.7 Å². The first-order chi connectivity index (χ1) is 10.9. The second-order valence-electron chi connectivity index (χ2n) is 5.04. The van der Waals surface area contributed by atoms with Crippen LogP contribution in [0.25, 0.3) is 0 Å². The van der Waals surface area contributed by atoms with Crippen LogP contribution in [0.2, 0.25) is 0 Å². The highest BCUT2D eigenvalue weighted by Crippen LogP contribution is 2.30. The van der Waals surface area contributed by atoms with Gasteiger partial charge in [0.25, 0.3) is 0 Å². The second-order valence-corrected chi connectivity index (χ2v) is 6.10. The van der Waals surface area contributed by atoms with Crippen molar-refractivity contribution < 1.29 is 27.9 Å². The van der Waals surface area contributed by atoms with Gasteiger partial charge in [0.2, 0.25) is 6.43 Å². The molecule has 0 aliphatic carbocycles. The van der Waals surface area contributed by atoms with Crippen LogP contribution in [0.15, 0.2) is 23.1 Å². The predicted octanol–water partition coefficient (Wildman–Crippen LogP) is 3.12. The molecule has 0 bridgehead atoms. The zero-order valence-corrected chi connectivity index (χ0v) is 12.8. The molecule has 1 heterocycles. The topological polar surface area (TPSA) is 69.6 Å². The van der Waals surface area contributed by atoms with Crippen LogP contribution in [-0.2, 0) is 4.79 Å². The van der Waals surface area contributed by atoms with Crippen LogP contribution in [0.1, 0.15) is 6.42 Å². The van der Waals surface area contributed by atoms with Crippen LogP contribution < -0.4 is 5.32 Å². The lowest BCUT2D eigenvalue weighted by Crippen LogP contribution is -2.34. The van der Waals surface area contributed by atoms with Crippen LogP contribution in [0.3, 0.4) is 0 Å². The number of likely N-dealkylation sites (tertiary alicyclic amines) is 1. The van der Waals surface area contributed by atoms with Crippen LogP contribution in [0.5, 0.6) is 0 Å².